The van der Waals surface area contributed by atoms with Gasteiger partial charge in [0.15, 0.2) is 0 Å². The molecule has 9 heteroatoms. The maximum absolute atomic E-state index is 13.3. The first-order chi connectivity index (χ1) is 19.5. The first kappa shape index (κ1) is 35.4. The van der Waals surface area contributed by atoms with Gasteiger partial charge in [-0.25, -0.2) is 0 Å². The molecule has 2 rings (SSSR count). The fourth-order valence-corrected chi connectivity index (χ4v) is 6.94. The van der Waals surface area contributed by atoms with E-state index in [1.165, 1.54) is 6.42 Å². The summed E-state index contributed by atoms with van der Waals surface area (Å²) in [7, 11) is 2.72. The van der Waals surface area contributed by atoms with Crippen LogP contribution in [-0.2, 0) is 26.8 Å². The number of carbonyl (C=O) groups is 2. The van der Waals surface area contributed by atoms with E-state index >= 15 is 0 Å². The predicted molar refractivity (Wildman–Crippen MR) is 167 cm³/mol. The number of rotatable bonds is 18. The lowest BCUT2D eigenvalue weighted by Crippen LogP contribution is -2.52. The number of aliphatic hydroxyl groups excluding tert-OH is 2. The molecule has 0 aromatic heterocycles. The lowest BCUT2D eigenvalue weighted by Gasteiger charge is -2.33. The Morgan fingerprint density at radius 3 is 2.29 bits per heavy atom. The lowest BCUT2D eigenvalue weighted by atomic mass is 9.82. The Hall–Kier alpha value is -1.81. The van der Waals surface area contributed by atoms with E-state index in [9.17, 15) is 24.0 Å². The Morgan fingerprint density at radius 1 is 1.02 bits per heavy atom. The minimum absolute atomic E-state index is 0.140. The molecule has 0 spiro atoms. The van der Waals surface area contributed by atoms with Crippen molar-refractivity contribution in [1.29, 1.82) is 0 Å². The normalized spacial score (nSPS) is 18.9. The van der Waals surface area contributed by atoms with Gasteiger partial charge in [0.2, 0.25) is 11.8 Å². The molecule has 234 valence electrons. The predicted octanol–water partition coefficient (Wildman–Crippen LogP) is 3.13. The molecule has 6 atom stereocenters. The second-order valence-electron chi connectivity index (χ2n) is 12.7. The van der Waals surface area contributed by atoms with Crippen LogP contribution in [0.1, 0.15) is 71.3 Å². The highest BCUT2D eigenvalue weighted by Crippen LogP contribution is 2.29. The van der Waals surface area contributed by atoms with Gasteiger partial charge >= 0.3 is 0 Å². The van der Waals surface area contributed by atoms with Crippen molar-refractivity contribution in [1.82, 2.24) is 15.5 Å². The van der Waals surface area contributed by atoms with Gasteiger partial charge in [-0.2, -0.15) is 0 Å². The SMILES string of the molecule is CC(C)C[C@H](O)[C@H](O)[C@H](CC1CCCCC1)NC(=O)[C@H](C)CNC(=O)[C@H](Cc1ccccc1)CS(=O)CCN(C)C. The number of benzene rings is 1. The molecule has 1 fully saturated rings. The van der Waals surface area contributed by atoms with Crippen LogP contribution in [0.2, 0.25) is 0 Å². The Morgan fingerprint density at radius 2 is 1.68 bits per heavy atom. The Kier molecular flexibility index (Phi) is 16.1. The number of nitrogens with zero attached hydrogens (tertiary/aromatic N) is 1. The zero-order valence-corrected chi connectivity index (χ0v) is 26.7. The van der Waals surface area contributed by atoms with Crippen LogP contribution in [0.3, 0.4) is 0 Å². The van der Waals surface area contributed by atoms with Gasteiger partial charge in [-0.15, -0.1) is 0 Å². The molecule has 1 aliphatic rings. The van der Waals surface area contributed by atoms with Crippen LogP contribution >= 0.6 is 0 Å². The zero-order chi connectivity index (χ0) is 30.4. The number of carbonyl (C=O) groups excluding carboxylic acids is 2. The van der Waals surface area contributed by atoms with E-state index in [-0.39, 0.29) is 30.0 Å². The highest BCUT2D eigenvalue weighted by Gasteiger charge is 2.32. The molecular weight excluding hydrogens is 538 g/mol. The van der Waals surface area contributed by atoms with Crippen LogP contribution in [0.15, 0.2) is 30.3 Å². The number of hydrogen-bond acceptors (Lipinski definition) is 6. The van der Waals surface area contributed by atoms with Gasteiger partial charge in [0.1, 0.15) is 6.10 Å². The second-order valence-corrected chi connectivity index (χ2v) is 14.3. The molecular formula is C32H55N3O5S. The number of nitrogens with one attached hydrogen (secondary N) is 2. The first-order valence-corrected chi connectivity index (χ1v) is 16.9. The van der Waals surface area contributed by atoms with Crippen LogP contribution < -0.4 is 10.6 Å². The van der Waals surface area contributed by atoms with E-state index in [1.807, 2.05) is 63.2 Å². The van der Waals surface area contributed by atoms with Crippen molar-refractivity contribution in [2.75, 3.05) is 38.7 Å². The Balaban J connectivity index is 2.01. The van der Waals surface area contributed by atoms with Crippen molar-refractivity contribution >= 4 is 22.6 Å². The molecule has 2 amide bonds. The summed E-state index contributed by atoms with van der Waals surface area (Å²) in [6.45, 7) is 6.58. The molecule has 0 saturated heterocycles. The van der Waals surface area contributed by atoms with E-state index < -0.39 is 40.9 Å². The largest absolute Gasteiger partial charge is 0.390 e. The highest BCUT2D eigenvalue weighted by atomic mass is 32.2. The van der Waals surface area contributed by atoms with Crippen molar-refractivity contribution < 1.29 is 24.0 Å². The monoisotopic (exact) mass is 593 g/mol. The smallest absolute Gasteiger partial charge is 0.224 e. The van der Waals surface area contributed by atoms with Crippen molar-refractivity contribution in [2.24, 2.45) is 23.7 Å². The maximum Gasteiger partial charge on any atom is 0.224 e. The molecule has 41 heavy (non-hydrogen) atoms. The summed E-state index contributed by atoms with van der Waals surface area (Å²) in [6.07, 6.45) is 5.30. The van der Waals surface area contributed by atoms with Gasteiger partial charge < -0.3 is 25.7 Å². The third-order valence-corrected chi connectivity index (χ3v) is 9.45. The van der Waals surface area contributed by atoms with Gasteiger partial charge in [0.05, 0.1) is 24.0 Å². The molecule has 0 aliphatic heterocycles. The van der Waals surface area contributed by atoms with Gasteiger partial charge in [-0.05, 0) is 50.8 Å². The molecule has 0 radical (unpaired) electrons. The van der Waals surface area contributed by atoms with Gasteiger partial charge in [-0.3, -0.25) is 13.8 Å². The summed E-state index contributed by atoms with van der Waals surface area (Å²) in [4.78, 5) is 28.5. The van der Waals surface area contributed by atoms with Crippen LogP contribution in [0.4, 0.5) is 0 Å². The number of aliphatic hydroxyl groups is 2. The highest BCUT2D eigenvalue weighted by molar-refractivity contribution is 7.85. The summed E-state index contributed by atoms with van der Waals surface area (Å²) in [5.41, 5.74) is 1.00. The topological polar surface area (TPSA) is 119 Å². The van der Waals surface area contributed by atoms with E-state index in [0.717, 1.165) is 31.2 Å². The summed E-state index contributed by atoms with van der Waals surface area (Å²) in [6, 6.07) is 9.16. The molecule has 1 unspecified atom stereocenters. The molecule has 8 nitrogen and oxygen atoms in total. The van der Waals surface area contributed by atoms with E-state index in [2.05, 4.69) is 10.6 Å². The van der Waals surface area contributed by atoms with Gasteiger partial charge in [-0.1, -0.05) is 83.2 Å². The standard InChI is InChI=1S/C32H55N3O5S/c1-23(2)18-29(36)30(37)28(20-26-14-10-7-11-15-26)34-31(38)24(3)21-33-32(39)27(19-25-12-8-6-9-13-25)22-41(40)17-16-35(4)5/h6,8-9,12-13,23-24,26-30,36-37H,7,10-11,14-22H2,1-5H3,(H,33,39)(H,34,38)/t24-,27-,28+,29+,30-,41?/m1/s1. The van der Waals surface area contributed by atoms with E-state index in [0.29, 0.717) is 37.5 Å². The minimum Gasteiger partial charge on any atom is -0.390 e. The quantitative estimate of drug-likeness (QED) is 0.208. The summed E-state index contributed by atoms with van der Waals surface area (Å²) in [5, 5.41) is 27.6. The molecule has 4 N–H and O–H groups in total. The van der Waals surface area contributed by atoms with Crippen LogP contribution in [0.25, 0.3) is 0 Å². The minimum atomic E-state index is -1.15. The van der Waals surface area contributed by atoms with Crippen LogP contribution in [0.5, 0.6) is 0 Å². The average molecular weight is 594 g/mol. The van der Waals surface area contributed by atoms with Crippen molar-refractivity contribution in [2.45, 2.75) is 90.4 Å². The fourth-order valence-electron chi connectivity index (χ4n) is 5.49. The maximum atomic E-state index is 13.3. The third kappa shape index (κ3) is 13.8. The first-order valence-electron chi connectivity index (χ1n) is 15.4. The second kappa shape index (κ2) is 18.7. The fraction of sp³-hybridized carbons (Fsp3) is 0.750. The van der Waals surface area contributed by atoms with Gasteiger partial charge in [0, 0.05) is 35.4 Å². The Labute approximate surface area is 250 Å². The Bertz CT molecular complexity index is 923. The number of amides is 2. The third-order valence-electron chi connectivity index (χ3n) is 8.04. The van der Waals surface area contributed by atoms with E-state index in [4.69, 9.17) is 0 Å². The molecule has 0 heterocycles. The van der Waals surface area contributed by atoms with Crippen molar-refractivity contribution in [3.05, 3.63) is 35.9 Å². The van der Waals surface area contributed by atoms with Crippen molar-refractivity contribution in [3.63, 3.8) is 0 Å². The summed E-state index contributed by atoms with van der Waals surface area (Å²) in [5.74, 6) is -0.0653. The number of hydrogen-bond donors (Lipinski definition) is 4. The molecule has 0 bridgehead atoms. The van der Waals surface area contributed by atoms with E-state index in [1.54, 1.807) is 6.92 Å². The molecule has 1 aromatic carbocycles. The van der Waals surface area contributed by atoms with Crippen molar-refractivity contribution in [3.8, 4) is 0 Å². The zero-order valence-electron chi connectivity index (χ0n) is 25.9. The van der Waals surface area contributed by atoms with Crippen LogP contribution in [0, 0.1) is 23.7 Å². The molecule has 1 saturated carbocycles. The summed E-state index contributed by atoms with van der Waals surface area (Å²) >= 11 is 0. The molecule has 1 aliphatic carbocycles. The lowest BCUT2D eigenvalue weighted by molar-refractivity contribution is -0.128. The molecule has 1 aromatic rings. The summed E-state index contributed by atoms with van der Waals surface area (Å²) < 4.78 is 12.8. The van der Waals surface area contributed by atoms with Crippen LogP contribution in [-0.4, -0.2) is 88.1 Å². The average Bonchev–Trinajstić information content (AvgIpc) is 2.94. The van der Waals surface area contributed by atoms with Gasteiger partial charge in [0.25, 0.3) is 0 Å².